The molecule has 0 aliphatic heterocycles. The van der Waals surface area contributed by atoms with E-state index in [1.807, 2.05) is 0 Å². The number of nitro groups is 2. The van der Waals surface area contributed by atoms with Gasteiger partial charge in [-0.2, -0.15) is 13.2 Å². The standard InChI is InChI=1S/C15H16F3N3O5/c1-4-5-19(8-9(2)3)14(22)13-11(20(23)24)6-10(15(16,17)18)7-12(13)21(25)26/h6-7H,2,4-5,8H2,1,3H3. The smallest absolute Gasteiger partial charge is 0.334 e. The van der Waals surface area contributed by atoms with Crippen molar-refractivity contribution in [3.8, 4) is 0 Å². The highest BCUT2D eigenvalue weighted by Crippen LogP contribution is 2.38. The third-order valence-electron chi connectivity index (χ3n) is 3.27. The lowest BCUT2D eigenvalue weighted by atomic mass is 10.0. The first-order valence-electron chi connectivity index (χ1n) is 7.37. The molecule has 0 N–H and O–H groups in total. The monoisotopic (exact) mass is 375 g/mol. The van der Waals surface area contributed by atoms with Crippen molar-refractivity contribution < 1.29 is 27.8 Å². The van der Waals surface area contributed by atoms with Gasteiger partial charge in [-0.15, -0.1) is 0 Å². The molecule has 1 amide bonds. The highest BCUT2D eigenvalue weighted by molar-refractivity contribution is 6.02. The molecule has 0 fully saturated rings. The molecule has 0 bridgehead atoms. The summed E-state index contributed by atoms with van der Waals surface area (Å²) in [5, 5.41) is 22.4. The zero-order chi connectivity index (χ0) is 20.2. The van der Waals surface area contributed by atoms with Gasteiger partial charge < -0.3 is 4.90 Å². The molecular weight excluding hydrogens is 359 g/mol. The van der Waals surface area contributed by atoms with E-state index in [9.17, 15) is 38.2 Å². The summed E-state index contributed by atoms with van der Waals surface area (Å²) in [6.07, 6.45) is -4.61. The van der Waals surface area contributed by atoms with Crippen LogP contribution < -0.4 is 0 Å². The lowest BCUT2D eigenvalue weighted by molar-refractivity contribution is -0.395. The molecule has 11 heteroatoms. The number of hydrogen-bond donors (Lipinski definition) is 0. The Kier molecular flexibility index (Phi) is 6.43. The summed E-state index contributed by atoms with van der Waals surface area (Å²) in [5.41, 5.74) is -4.58. The summed E-state index contributed by atoms with van der Waals surface area (Å²) in [4.78, 5) is 33.7. The number of amides is 1. The summed E-state index contributed by atoms with van der Waals surface area (Å²) >= 11 is 0. The van der Waals surface area contributed by atoms with Crippen LogP contribution >= 0.6 is 0 Å². The molecule has 0 atom stereocenters. The average molecular weight is 375 g/mol. The third kappa shape index (κ3) is 4.77. The molecule has 0 radical (unpaired) electrons. The summed E-state index contributed by atoms with van der Waals surface area (Å²) in [5.74, 6) is -1.10. The van der Waals surface area contributed by atoms with Crippen LogP contribution in [-0.2, 0) is 6.18 Å². The van der Waals surface area contributed by atoms with Gasteiger partial charge in [0.05, 0.1) is 15.4 Å². The van der Waals surface area contributed by atoms with Gasteiger partial charge in [-0.3, -0.25) is 25.0 Å². The lowest BCUT2D eigenvalue weighted by Gasteiger charge is -2.22. The highest BCUT2D eigenvalue weighted by atomic mass is 19.4. The molecule has 0 unspecified atom stereocenters. The number of benzene rings is 1. The molecular formula is C15H16F3N3O5. The van der Waals surface area contributed by atoms with Crippen molar-refractivity contribution in [2.45, 2.75) is 26.4 Å². The van der Waals surface area contributed by atoms with Crippen LogP contribution in [0.2, 0.25) is 0 Å². The van der Waals surface area contributed by atoms with Crippen LogP contribution in [0.3, 0.4) is 0 Å². The number of hydrogen-bond acceptors (Lipinski definition) is 5. The second-order valence-corrected chi connectivity index (χ2v) is 5.59. The molecule has 0 aliphatic carbocycles. The highest BCUT2D eigenvalue weighted by Gasteiger charge is 2.40. The molecule has 0 heterocycles. The summed E-state index contributed by atoms with van der Waals surface area (Å²) < 4.78 is 38.7. The fourth-order valence-corrected chi connectivity index (χ4v) is 2.29. The van der Waals surface area contributed by atoms with E-state index < -0.39 is 44.4 Å². The van der Waals surface area contributed by atoms with Crippen LogP contribution in [-0.4, -0.2) is 33.7 Å². The second kappa shape index (κ2) is 7.93. The van der Waals surface area contributed by atoms with Crippen LogP contribution in [0.15, 0.2) is 24.3 Å². The number of nitrogens with zero attached hydrogens (tertiary/aromatic N) is 3. The Bertz CT molecular complexity index is 726. The first-order valence-corrected chi connectivity index (χ1v) is 7.37. The minimum absolute atomic E-state index is 0.0397. The Hall–Kier alpha value is -2.98. The zero-order valence-corrected chi connectivity index (χ0v) is 14.0. The quantitative estimate of drug-likeness (QED) is 0.407. The molecule has 1 rings (SSSR count). The van der Waals surface area contributed by atoms with Gasteiger partial charge in [0.2, 0.25) is 0 Å². The van der Waals surface area contributed by atoms with E-state index in [0.717, 1.165) is 4.90 Å². The molecule has 0 spiro atoms. The van der Waals surface area contributed by atoms with Crippen molar-refractivity contribution in [2.75, 3.05) is 13.1 Å². The second-order valence-electron chi connectivity index (χ2n) is 5.59. The fraction of sp³-hybridized carbons (Fsp3) is 0.400. The van der Waals surface area contributed by atoms with Crippen molar-refractivity contribution >= 4 is 17.3 Å². The van der Waals surface area contributed by atoms with Crippen LogP contribution in [0.25, 0.3) is 0 Å². The molecule has 8 nitrogen and oxygen atoms in total. The van der Waals surface area contributed by atoms with Gasteiger partial charge in [0, 0.05) is 25.2 Å². The van der Waals surface area contributed by atoms with Gasteiger partial charge in [-0.05, 0) is 13.3 Å². The van der Waals surface area contributed by atoms with Crippen molar-refractivity contribution in [3.05, 3.63) is 55.6 Å². The molecule has 26 heavy (non-hydrogen) atoms. The van der Waals surface area contributed by atoms with Gasteiger partial charge in [0.1, 0.15) is 0 Å². The number of nitro benzene ring substituents is 2. The third-order valence-corrected chi connectivity index (χ3v) is 3.27. The predicted octanol–water partition coefficient (Wildman–Crippen LogP) is 3.95. The van der Waals surface area contributed by atoms with Crippen molar-refractivity contribution in [3.63, 3.8) is 0 Å². The van der Waals surface area contributed by atoms with Gasteiger partial charge in [-0.1, -0.05) is 19.1 Å². The molecule has 0 aromatic heterocycles. The van der Waals surface area contributed by atoms with E-state index in [1.54, 1.807) is 13.8 Å². The minimum atomic E-state index is -5.04. The molecule has 1 aromatic rings. The van der Waals surface area contributed by atoms with Crippen molar-refractivity contribution in [1.29, 1.82) is 0 Å². The van der Waals surface area contributed by atoms with Crippen molar-refractivity contribution in [1.82, 2.24) is 4.90 Å². The van der Waals surface area contributed by atoms with Gasteiger partial charge >= 0.3 is 6.18 Å². The fourth-order valence-electron chi connectivity index (χ4n) is 2.29. The molecule has 142 valence electrons. The van der Waals surface area contributed by atoms with E-state index in [4.69, 9.17) is 0 Å². The number of carbonyl (C=O) groups is 1. The summed E-state index contributed by atoms with van der Waals surface area (Å²) in [7, 11) is 0. The maximum atomic E-state index is 12.9. The zero-order valence-electron chi connectivity index (χ0n) is 14.0. The molecule has 1 aromatic carbocycles. The van der Waals surface area contributed by atoms with Crippen molar-refractivity contribution in [2.24, 2.45) is 0 Å². The Morgan fingerprint density at radius 2 is 1.65 bits per heavy atom. The van der Waals surface area contributed by atoms with Gasteiger partial charge in [0.25, 0.3) is 17.3 Å². The van der Waals surface area contributed by atoms with Crippen LogP contribution in [0, 0.1) is 20.2 Å². The molecule has 0 aliphatic rings. The van der Waals surface area contributed by atoms with E-state index >= 15 is 0 Å². The number of carbonyl (C=O) groups excluding carboxylic acids is 1. The van der Waals surface area contributed by atoms with E-state index in [2.05, 4.69) is 6.58 Å². The summed E-state index contributed by atoms with van der Waals surface area (Å²) in [6.45, 7) is 6.94. The minimum Gasteiger partial charge on any atom is -0.334 e. The normalized spacial score (nSPS) is 11.1. The Balaban J connectivity index is 3.71. The Morgan fingerprint density at radius 1 is 1.19 bits per heavy atom. The number of rotatable bonds is 7. The van der Waals surface area contributed by atoms with Crippen LogP contribution in [0.5, 0.6) is 0 Å². The molecule has 0 saturated carbocycles. The maximum absolute atomic E-state index is 12.9. The Labute approximate surface area is 146 Å². The number of alkyl halides is 3. The Morgan fingerprint density at radius 3 is 1.96 bits per heavy atom. The van der Waals surface area contributed by atoms with E-state index in [-0.39, 0.29) is 25.2 Å². The largest absolute Gasteiger partial charge is 0.416 e. The first kappa shape index (κ1) is 21.1. The van der Waals surface area contributed by atoms with Gasteiger partial charge in [0.15, 0.2) is 5.56 Å². The topological polar surface area (TPSA) is 107 Å². The maximum Gasteiger partial charge on any atom is 0.416 e. The lowest BCUT2D eigenvalue weighted by Crippen LogP contribution is -2.34. The number of halogens is 3. The van der Waals surface area contributed by atoms with Crippen LogP contribution in [0.1, 0.15) is 36.2 Å². The average Bonchev–Trinajstić information content (AvgIpc) is 2.51. The van der Waals surface area contributed by atoms with E-state index in [0.29, 0.717) is 12.0 Å². The molecule has 0 saturated heterocycles. The predicted molar refractivity (Wildman–Crippen MR) is 85.8 cm³/mol. The summed E-state index contributed by atoms with van der Waals surface area (Å²) in [6, 6.07) is 0.260. The van der Waals surface area contributed by atoms with Gasteiger partial charge in [-0.25, -0.2) is 0 Å². The van der Waals surface area contributed by atoms with Crippen LogP contribution in [0.4, 0.5) is 24.5 Å². The SMILES string of the molecule is C=C(C)CN(CCC)C(=O)c1c([N+](=O)[O-])cc(C(F)(F)F)cc1[N+](=O)[O-]. The van der Waals surface area contributed by atoms with E-state index in [1.165, 1.54) is 0 Å². The first-order chi connectivity index (χ1) is 11.9.